The SMILES string of the molecule is CC.O=S(=O)([O-])[O-].[Na+].[Na+]. The summed E-state index contributed by atoms with van der Waals surface area (Å²) in [4.78, 5) is 0. The zero-order valence-electron chi connectivity index (χ0n) is 6.04. The molecule has 0 fully saturated rings. The van der Waals surface area contributed by atoms with Crippen molar-refractivity contribution in [1.82, 2.24) is 0 Å². The Hall–Kier alpha value is 1.87. The Morgan fingerprint density at radius 3 is 1.00 bits per heavy atom. The quantitative estimate of drug-likeness (QED) is 0.207. The van der Waals surface area contributed by atoms with Crippen molar-refractivity contribution >= 4 is 10.4 Å². The van der Waals surface area contributed by atoms with E-state index < -0.39 is 10.4 Å². The smallest absolute Gasteiger partial charge is 0.759 e. The fourth-order valence-electron chi connectivity index (χ4n) is 0. The summed E-state index contributed by atoms with van der Waals surface area (Å²) in [6.07, 6.45) is 0. The molecule has 0 aromatic carbocycles. The van der Waals surface area contributed by atoms with Gasteiger partial charge in [0, 0.05) is 10.4 Å². The van der Waals surface area contributed by atoms with Crippen LogP contribution in [-0.4, -0.2) is 17.5 Å². The predicted octanol–water partition coefficient (Wildman–Crippen LogP) is -6.30. The Labute approximate surface area is 99.6 Å². The Morgan fingerprint density at radius 2 is 1.00 bits per heavy atom. The average molecular weight is 172 g/mol. The summed E-state index contributed by atoms with van der Waals surface area (Å²) < 4.78 is 34.1. The van der Waals surface area contributed by atoms with Crippen molar-refractivity contribution in [3.05, 3.63) is 0 Å². The number of hydrogen-bond donors (Lipinski definition) is 0. The summed E-state index contributed by atoms with van der Waals surface area (Å²) in [5.74, 6) is 0. The van der Waals surface area contributed by atoms with Crippen LogP contribution in [0.15, 0.2) is 0 Å². The minimum atomic E-state index is -5.17. The normalized spacial score (nSPS) is 7.11. The molecule has 0 aliphatic carbocycles. The molecule has 0 spiro atoms. The molecule has 0 unspecified atom stereocenters. The molecule has 0 radical (unpaired) electrons. The third-order valence-corrected chi connectivity index (χ3v) is 0. The molecule has 0 aliphatic rings. The van der Waals surface area contributed by atoms with E-state index >= 15 is 0 Å². The van der Waals surface area contributed by atoms with Crippen LogP contribution in [-0.2, 0) is 10.4 Å². The standard InChI is InChI=1S/C2H6.2Na.H2O4S/c1-2;;;1-5(2,3)4/h1-2H3;;;(H2,1,2,3,4)/q;2*+1;/p-2. The summed E-state index contributed by atoms with van der Waals surface area (Å²) in [6.45, 7) is 4.00. The molecule has 0 amide bonds. The number of hydrogen-bond acceptors (Lipinski definition) is 4. The first-order chi connectivity index (χ1) is 3.00. The molecule has 0 aromatic heterocycles. The largest absolute Gasteiger partial charge is 1.00 e. The van der Waals surface area contributed by atoms with E-state index in [9.17, 15) is 0 Å². The molecule has 0 aliphatic heterocycles. The molecule has 0 aromatic rings. The minimum Gasteiger partial charge on any atom is -0.759 e. The summed E-state index contributed by atoms with van der Waals surface area (Å²) in [5.41, 5.74) is 0. The van der Waals surface area contributed by atoms with Crippen LogP contribution in [0.5, 0.6) is 0 Å². The zero-order chi connectivity index (χ0) is 6.50. The molecule has 0 heterocycles. The fraction of sp³-hybridized carbons (Fsp3) is 1.00. The first kappa shape index (κ1) is 22.4. The maximum atomic E-state index is 8.52. The Balaban J connectivity index is -0.0000000286. The third kappa shape index (κ3) is 175. The minimum absolute atomic E-state index is 0. The van der Waals surface area contributed by atoms with E-state index in [-0.39, 0.29) is 59.1 Å². The van der Waals surface area contributed by atoms with Crippen molar-refractivity contribution in [2.75, 3.05) is 0 Å². The van der Waals surface area contributed by atoms with Crippen LogP contribution >= 0.6 is 0 Å². The van der Waals surface area contributed by atoms with Crippen molar-refractivity contribution in [1.29, 1.82) is 0 Å². The van der Waals surface area contributed by atoms with Crippen LogP contribution in [0.2, 0.25) is 0 Å². The molecule has 9 heavy (non-hydrogen) atoms. The molecule has 0 bridgehead atoms. The molecular weight excluding hydrogens is 166 g/mol. The van der Waals surface area contributed by atoms with Crippen molar-refractivity contribution in [2.45, 2.75) is 13.8 Å². The second-order valence-electron chi connectivity index (χ2n) is 0.408. The van der Waals surface area contributed by atoms with Gasteiger partial charge >= 0.3 is 59.1 Å². The number of rotatable bonds is 0. The van der Waals surface area contributed by atoms with Crippen LogP contribution in [0.4, 0.5) is 0 Å². The van der Waals surface area contributed by atoms with Crippen LogP contribution < -0.4 is 59.1 Å². The predicted molar refractivity (Wildman–Crippen MR) is 21.8 cm³/mol. The maximum absolute atomic E-state index is 8.52. The van der Waals surface area contributed by atoms with Gasteiger partial charge in [0.1, 0.15) is 0 Å². The van der Waals surface area contributed by atoms with Gasteiger partial charge in [-0.2, -0.15) is 0 Å². The molecular formula is C2H6Na2O4S. The molecule has 0 saturated carbocycles. The second-order valence-corrected chi connectivity index (χ2v) is 1.22. The van der Waals surface area contributed by atoms with Gasteiger partial charge in [0.25, 0.3) is 0 Å². The van der Waals surface area contributed by atoms with E-state index in [1.807, 2.05) is 13.8 Å². The maximum Gasteiger partial charge on any atom is 1.00 e. The van der Waals surface area contributed by atoms with Gasteiger partial charge in [-0.3, -0.25) is 8.42 Å². The molecule has 4 nitrogen and oxygen atoms in total. The van der Waals surface area contributed by atoms with Crippen molar-refractivity contribution < 1.29 is 76.6 Å². The Morgan fingerprint density at radius 1 is 1.00 bits per heavy atom. The summed E-state index contributed by atoms with van der Waals surface area (Å²) in [5, 5.41) is 0. The van der Waals surface area contributed by atoms with Crippen LogP contribution in [0.25, 0.3) is 0 Å². The van der Waals surface area contributed by atoms with Gasteiger partial charge < -0.3 is 9.11 Å². The Kier molecular flexibility index (Phi) is 31.3. The summed E-state index contributed by atoms with van der Waals surface area (Å²) in [7, 11) is -5.17. The zero-order valence-corrected chi connectivity index (χ0v) is 10.9. The van der Waals surface area contributed by atoms with Crippen molar-refractivity contribution in [3.8, 4) is 0 Å². The van der Waals surface area contributed by atoms with Gasteiger partial charge in [-0.15, -0.1) is 0 Å². The van der Waals surface area contributed by atoms with Gasteiger partial charge in [-0.05, 0) is 0 Å². The molecule has 7 heteroatoms. The molecule has 46 valence electrons. The van der Waals surface area contributed by atoms with E-state index in [4.69, 9.17) is 17.5 Å². The third-order valence-electron chi connectivity index (χ3n) is 0. The summed E-state index contributed by atoms with van der Waals surface area (Å²) in [6, 6.07) is 0. The first-order valence-corrected chi connectivity index (χ1v) is 3.00. The first-order valence-electron chi connectivity index (χ1n) is 1.67. The molecule has 0 saturated heterocycles. The van der Waals surface area contributed by atoms with Gasteiger partial charge in [-0.25, -0.2) is 0 Å². The van der Waals surface area contributed by atoms with Crippen molar-refractivity contribution in [2.24, 2.45) is 0 Å². The van der Waals surface area contributed by atoms with Crippen LogP contribution in [0.1, 0.15) is 13.8 Å². The van der Waals surface area contributed by atoms with E-state index in [2.05, 4.69) is 0 Å². The van der Waals surface area contributed by atoms with Gasteiger partial charge in [0.05, 0.1) is 0 Å². The summed E-state index contributed by atoms with van der Waals surface area (Å²) >= 11 is 0. The van der Waals surface area contributed by atoms with Gasteiger partial charge in [0.2, 0.25) is 0 Å². The van der Waals surface area contributed by atoms with Crippen LogP contribution in [0.3, 0.4) is 0 Å². The average Bonchev–Trinajstić information content (AvgIpc) is 1.36. The van der Waals surface area contributed by atoms with Crippen molar-refractivity contribution in [3.63, 3.8) is 0 Å². The molecule has 0 atom stereocenters. The molecule has 0 rings (SSSR count). The van der Waals surface area contributed by atoms with E-state index in [1.165, 1.54) is 0 Å². The van der Waals surface area contributed by atoms with E-state index in [1.54, 1.807) is 0 Å². The van der Waals surface area contributed by atoms with Gasteiger partial charge in [0.15, 0.2) is 0 Å². The molecule has 0 N–H and O–H groups in total. The van der Waals surface area contributed by atoms with E-state index in [0.29, 0.717) is 0 Å². The monoisotopic (exact) mass is 172 g/mol. The second kappa shape index (κ2) is 12.5. The van der Waals surface area contributed by atoms with Crippen LogP contribution in [0, 0.1) is 0 Å². The Bertz CT molecular complexity index is 99.7. The topological polar surface area (TPSA) is 80.3 Å². The van der Waals surface area contributed by atoms with Gasteiger partial charge in [-0.1, -0.05) is 13.8 Å². The fourth-order valence-corrected chi connectivity index (χ4v) is 0. The van der Waals surface area contributed by atoms with E-state index in [0.717, 1.165) is 0 Å².